The lowest BCUT2D eigenvalue weighted by atomic mass is 9.89. The summed E-state index contributed by atoms with van der Waals surface area (Å²) in [5.74, 6) is 0.113. The Morgan fingerprint density at radius 2 is 2.16 bits per heavy atom. The number of hydrogen-bond acceptors (Lipinski definition) is 3. The van der Waals surface area contributed by atoms with Gasteiger partial charge in [0.15, 0.2) is 0 Å². The van der Waals surface area contributed by atoms with E-state index >= 15 is 0 Å². The van der Waals surface area contributed by atoms with Crippen molar-refractivity contribution < 1.29 is 4.79 Å². The van der Waals surface area contributed by atoms with Crippen LogP contribution in [0.4, 0.5) is 0 Å². The lowest BCUT2D eigenvalue weighted by molar-refractivity contribution is -0.122. The van der Waals surface area contributed by atoms with Crippen LogP contribution >= 0.6 is 0 Å². The normalized spacial score (nSPS) is 17.4. The number of carbonyl (C=O) groups is 1. The molecule has 1 aromatic rings. The van der Waals surface area contributed by atoms with E-state index in [1.54, 1.807) is 0 Å². The van der Waals surface area contributed by atoms with Crippen molar-refractivity contribution in [1.29, 1.82) is 0 Å². The van der Waals surface area contributed by atoms with Crippen molar-refractivity contribution in [2.45, 2.75) is 19.3 Å². The molecular weight excluding hydrogens is 240 g/mol. The molecule has 1 amide bonds. The number of amides is 1. The Hall–Kier alpha value is -1.33. The third-order valence-electron chi connectivity index (χ3n) is 3.63. The Balaban J connectivity index is 1.76. The van der Waals surface area contributed by atoms with Gasteiger partial charge in [-0.05, 0) is 12.1 Å². The van der Waals surface area contributed by atoms with Crippen molar-refractivity contribution in [3.8, 4) is 0 Å². The summed E-state index contributed by atoms with van der Waals surface area (Å²) in [4.78, 5) is 17.3. The SMILES string of the molecule is CC(C)(CNC(=O)CN1CCNCC1)c1ccc[nH]1. The first kappa shape index (κ1) is 14.1. The van der Waals surface area contributed by atoms with Gasteiger partial charge in [-0.2, -0.15) is 0 Å². The predicted molar refractivity (Wildman–Crippen MR) is 76.1 cm³/mol. The van der Waals surface area contributed by atoms with Crippen LogP contribution in [-0.2, 0) is 10.2 Å². The third-order valence-corrected chi connectivity index (χ3v) is 3.63. The van der Waals surface area contributed by atoms with Gasteiger partial charge in [0.1, 0.15) is 0 Å². The summed E-state index contributed by atoms with van der Waals surface area (Å²) in [5.41, 5.74) is 1.08. The number of hydrogen-bond donors (Lipinski definition) is 3. The van der Waals surface area contributed by atoms with Gasteiger partial charge >= 0.3 is 0 Å². The summed E-state index contributed by atoms with van der Waals surface area (Å²) in [7, 11) is 0. The zero-order valence-corrected chi connectivity index (χ0v) is 11.8. The second-order valence-electron chi connectivity index (χ2n) is 5.77. The lowest BCUT2D eigenvalue weighted by Crippen LogP contribution is -2.48. The van der Waals surface area contributed by atoms with Gasteiger partial charge in [-0.1, -0.05) is 13.8 Å². The number of piperazine rings is 1. The van der Waals surface area contributed by atoms with Crippen LogP contribution in [0, 0.1) is 0 Å². The topological polar surface area (TPSA) is 60.2 Å². The molecule has 19 heavy (non-hydrogen) atoms. The van der Waals surface area contributed by atoms with Crippen molar-refractivity contribution in [3.05, 3.63) is 24.0 Å². The Bertz CT molecular complexity index is 394. The fourth-order valence-electron chi connectivity index (χ4n) is 2.29. The zero-order valence-electron chi connectivity index (χ0n) is 11.8. The van der Waals surface area contributed by atoms with Crippen LogP contribution in [0.5, 0.6) is 0 Å². The van der Waals surface area contributed by atoms with Crippen LogP contribution in [0.1, 0.15) is 19.5 Å². The molecule has 0 bridgehead atoms. The van der Waals surface area contributed by atoms with Gasteiger partial charge in [-0.3, -0.25) is 9.69 Å². The highest BCUT2D eigenvalue weighted by Crippen LogP contribution is 2.19. The smallest absolute Gasteiger partial charge is 0.234 e. The van der Waals surface area contributed by atoms with Crippen LogP contribution < -0.4 is 10.6 Å². The highest BCUT2D eigenvalue weighted by atomic mass is 16.2. The molecule has 1 aromatic heterocycles. The standard InChI is InChI=1S/C14H24N4O/c1-14(2,12-4-3-5-16-12)11-17-13(19)10-18-8-6-15-7-9-18/h3-5,15-16H,6-11H2,1-2H3,(H,17,19). The monoisotopic (exact) mass is 264 g/mol. The Kier molecular flexibility index (Phi) is 4.61. The molecule has 0 spiro atoms. The second-order valence-corrected chi connectivity index (χ2v) is 5.77. The van der Waals surface area contributed by atoms with Crippen LogP contribution in [-0.4, -0.2) is 55.1 Å². The highest BCUT2D eigenvalue weighted by Gasteiger charge is 2.22. The number of H-pyrrole nitrogens is 1. The Morgan fingerprint density at radius 3 is 2.79 bits per heavy atom. The number of rotatable bonds is 5. The van der Waals surface area contributed by atoms with E-state index in [0.29, 0.717) is 13.1 Å². The number of carbonyl (C=O) groups excluding carboxylic acids is 1. The van der Waals surface area contributed by atoms with E-state index in [9.17, 15) is 4.79 Å². The van der Waals surface area contributed by atoms with Crippen molar-refractivity contribution >= 4 is 5.91 Å². The molecule has 0 unspecified atom stereocenters. The van der Waals surface area contributed by atoms with E-state index in [-0.39, 0.29) is 11.3 Å². The summed E-state index contributed by atoms with van der Waals surface area (Å²) >= 11 is 0. The molecule has 3 N–H and O–H groups in total. The van der Waals surface area contributed by atoms with Crippen LogP contribution in [0.25, 0.3) is 0 Å². The second kappa shape index (κ2) is 6.21. The summed E-state index contributed by atoms with van der Waals surface area (Å²) in [6.07, 6.45) is 1.92. The van der Waals surface area contributed by atoms with Gasteiger partial charge < -0.3 is 15.6 Å². The molecule has 0 saturated carbocycles. The molecular formula is C14H24N4O. The molecule has 1 fully saturated rings. The summed E-state index contributed by atoms with van der Waals surface area (Å²) in [5, 5.41) is 6.32. The minimum Gasteiger partial charge on any atom is -0.364 e. The molecule has 0 radical (unpaired) electrons. The molecule has 5 heteroatoms. The maximum atomic E-state index is 11.9. The first-order valence-electron chi connectivity index (χ1n) is 6.91. The highest BCUT2D eigenvalue weighted by molar-refractivity contribution is 5.78. The lowest BCUT2D eigenvalue weighted by Gasteiger charge is -2.28. The fraction of sp³-hybridized carbons (Fsp3) is 0.643. The van der Waals surface area contributed by atoms with E-state index in [1.165, 1.54) is 0 Å². The molecule has 1 aliphatic heterocycles. The predicted octanol–water partition coefficient (Wildman–Crippen LogP) is 0.314. The molecule has 106 valence electrons. The van der Waals surface area contributed by atoms with Crippen molar-refractivity contribution in [2.24, 2.45) is 0 Å². The van der Waals surface area contributed by atoms with Gasteiger partial charge in [0.2, 0.25) is 5.91 Å². The minimum atomic E-state index is -0.0669. The first-order chi connectivity index (χ1) is 9.08. The molecule has 1 aliphatic rings. The van der Waals surface area contributed by atoms with E-state index in [4.69, 9.17) is 0 Å². The quantitative estimate of drug-likeness (QED) is 0.717. The zero-order chi connectivity index (χ0) is 13.7. The van der Waals surface area contributed by atoms with Crippen LogP contribution in [0.3, 0.4) is 0 Å². The Labute approximate surface area is 114 Å². The maximum Gasteiger partial charge on any atom is 0.234 e. The number of aromatic nitrogens is 1. The summed E-state index contributed by atoms with van der Waals surface area (Å²) < 4.78 is 0. The minimum absolute atomic E-state index is 0.0669. The van der Waals surface area contributed by atoms with Gasteiger partial charge in [-0.25, -0.2) is 0 Å². The molecule has 0 aromatic carbocycles. The third kappa shape index (κ3) is 4.08. The average Bonchev–Trinajstić information content (AvgIpc) is 2.92. The van der Waals surface area contributed by atoms with Crippen LogP contribution in [0.15, 0.2) is 18.3 Å². The van der Waals surface area contributed by atoms with Gasteiger partial charge in [0.25, 0.3) is 0 Å². The van der Waals surface area contributed by atoms with E-state index in [2.05, 4.69) is 40.4 Å². The number of aromatic amines is 1. The maximum absolute atomic E-state index is 11.9. The summed E-state index contributed by atoms with van der Waals surface area (Å²) in [6, 6.07) is 4.04. The molecule has 5 nitrogen and oxygen atoms in total. The number of nitrogens with one attached hydrogen (secondary N) is 3. The fourth-order valence-corrected chi connectivity index (χ4v) is 2.29. The average molecular weight is 264 g/mol. The van der Waals surface area contributed by atoms with Crippen molar-refractivity contribution in [3.63, 3.8) is 0 Å². The Morgan fingerprint density at radius 1 is 1.42 bits per heavy atom. The van der Waals surface area contributed by atoms with E-state index < -0.39 is 0 Å². The van der Waals surface area contributed by atoms with Gasteiger partial charge in [0.05, 0.1) is 6.54 Å². The van der Waals surface area contributed by atoms with E-state index in [0.717, 1.165) is 31.9 Å². The molecule has 0 atom stereocenters. The molecule has 1 saturated heterocycles. The van der Waals surface area contributed by atoms with Gasteiger partial charge in [0, 0.05) is 50.0 Å². The van der Waals surface area contributed by atoms with Crippen molar-refractivity contribution in [1.82, 2.24) is 20.5 Å². The van der Waals surface area contributed by atoms with E-state index in [1.807, 2.05) is 12.3 Å². The first-order valence-corrected chi connectivity index (χ1v) is 6.91. The molecule has 2 rings (SSSR count). The van der Waals surface area contributed by atoms with Crippen LogP contribution in [0.2, 0.25) is 0 Å². The molecule has 2 heterocycles. The largest absolute Gasteiger partial charge is 0.364 e. The van der Waals surface area contributed by atoms with Crippen molar-refractivity contribution in [2.75, 3.05) is 39.3 Å². The van der Waals surface area contributed by atoms with Gasteiger partial charge in [-0.15, -0.1) is 0 Å². The summed E-state index contributed by atoms with van der Waals surface area (Å²) in [6.45, 7) is 9.26. The number of nitrogens with zero attached hydrogens (tertiary/aromatic N) is 1. The molecule has 0 aliphatic carbocycles.